The molecule has 324 valence electrons. The van der Waals surface area contributed by atoms with Crippen LogP contribution in [0.1, 0.15) is 126 Å². The third kappa shape index (κ3) is 10.3. The molecule has 0 aromatic heterocycles. The molecule has 6 rings (SSSR count). The van der Waals surface area contributed by atoms with Crippen molar-refractivity contribution in [3.05, 3.63) is 42.0 Å². The summed E-state index contributed by atoms with van der Waals surface area (Å²) in [6.45, 7) is 20.3. The van der Waals surface area contributed by atoms with Crippen LogP contribution in [0.25, 0.3) is 0 Å². The molecule has 9 nitrogen and oxygen atoms in total. The second-order valence-electron chi connectivity index (χ2n) is 19.7. The summed E-state index contributed by atoms with van der Waals surface area (Å²) in [5.74, 6) is 3.14. The van der Waals surface area contributed by atoms with Gasteiger partial charge in [0.25, 0.3) is 0 Å². The highest BCUT2D eigenvalue weighted by molar-refractivity contribution is 7.99. The van der Waals surface area contributed by atoms with Gasteiger partial charge in [-0.3, -0.25) is 14.4 Å². The number of esters is 3. The van der Waals surface area contributed by atoms with Crippen LogP contribution in [0.4, 0.5) is 0 Å². The average molecular weight is 841 g/mol. The summed E-state index contributed by atoms with van der Waals surface area (Å²) >= 11 is 1.42. The molecule has 1 heterocycles. The minimum absolute atomic E-state index is 0.00633. The van der Waals surface area contributed by atoms with Crippen LogP contribution in [0.5, 0.6) is 0 Å². The third-order valence-corrected chi connectivity index (χ3v) is 17.7. The molecule has 1 aromatic rings. The molecule has 7 unspecified atom stereocenters. The Morgan fingerprint density at radius 2 is 1.55 bits per heavy atom. The Morgan fingerprint density at radius 1 is 0.845 bits per heavy atom. The van der Waals surface area contributed by atoms with Crippen LogP contribution in [0.15, 0.2) is 46.9 Å². The summed E-state index contributed by atoms with van der Waals surface area (Å²) in [5.41, 5.74) is 1.53. The zero-order chi connectivity index (χ0) is 42.0. The van der Waals surface area contributed by atoms with E-state index in [0.717, 1.165) is 59.7 Å². The molecule has 4 fully saturated rings. The number of ether oxygens (including phenoxy) is 4. The van der Waals surface area contributed by atoms with E-state index in [1.807, 2.05) is 43.4 Å². The van der Waals surface area contributed by atoms with Crippen molar-refractivity contribution in [3.8, 4) is 0 Å². The molecule has 0 spiro atoms. The summed E-state index contributed by atoms with van der Waals surface area (Å²) in [6.07, 6.45) is 12.5. The van der Waals surface area contributed by atoms with Gasteiger partial charge in [-0.1, -0.05) is 95.5 Å². The Labute approximate surface area is 354 Å². The molecule has 5 aliphatic rings. The zero-order valence-electron chi connectivity index (χ0n) is 37.0. The Bertz CT molecular complexity index is 1620. The van der Waals surface area contributed by atoms with Crippen molar-refractivity contribution in [3.63, 3.8) is 0 Å². The number of thioether (sulfide) groups is 1. The van der Waals surface area contributed by atoms with Crippen LogP contribution >= 0.6 is 11.8 Å². The van der Waals surface area contributed by atoms with Crippen molar-refractivity contribution in [2.45, 2.75) is 180 Å². The zero-order valence-corrected chi connectivity index (χ0v) is 38.8. The van der Waals surface area contributed by atoms with Gasteiger partial charge in [0.15, 0.2) is 12.2 Å². The predicted octanol–water partition coefficient (Wildman–Crippen LogP) is 10.4. The molecule has 11 heteroatoms. The van der Waals surface area contributed by atoms with Crippen LogP contribution in [0, 0.1) is 46.3 Å². The molecule has 3 saturated carbocycles. The highest BCUT2D eigenvalue weighted by Crippen LogP contribution is 2.67. The van der Waals surface area contributed by atoms with Crippen LogP contribution in [-0.4, -0.2) is 69.0 Å². The SMILES string of the molecule is CC(=O)OCC1O[C@@H](Sc2ccccc2)C(O[Si](C)(C)OC2CC[C@@]3(C)C(=CCC4C3CC[C@@]3(C)C4CC[C@@H]3[C@H](C)CCCC(C)C)C2)C(OC(C)=O)[C@@H]1OC(C)=O. The number of allylic oxidation sites excluding steroid dienone is 1. The molecular weight excluding hydrogens is 769 g/mol. The molecule has 4 aliphatic carbocycles. The van der Waals surface area contributed by atoms with E-state index in [4.69, 9.17) is 27.8 Å². The molecular formula is C47H72O9SSi. The van der Waals surface area contributed by atoms with E-state index in [1.165, 1.54) is 83.9 Å². The maximum absolute atomic E-state index is 12.7. The molecule has 13 atom stereocenters. The van der Waals surface area contributed by atoms with Crippen LogP contribution < -0.4 is 0 Å². The van der Waals surface area contributed by atoms with Gasteiger partial charge in [0.2, 0.25) is 0 Å². The van der Waals surface area contributed by atoms with E-state index in [-0.39, 0.29) is 18.1 Å². The third-order valence-electron chi connectivity index (χ3n) is 14.8. The summed E-state index contributed by atoms with van der Waals surface area (Å²) in [7, 11) is -2.97. The highest BCUT2D eigenvalue weighted by Gasteiger charge is 2.60. The smallest absolute Gasteiger partial charge is 0.332 e. The van der Waals surface area contributed by atoms with Crippen molar-refractivity contribution < 1.29 is 42.2 Å². The monoisotopic (exact) mass is 840 g/mol. The van der Waals surface area contributed by atoms with E-state index >= 15 is 0 Å². The van der Waals surface area contributed by atoms with Crippen molar-refractivity contribution in [1.29, 1.82) is 0 Å². The molecule has 1 aliphatic heterocycles. The van der Waals surface area contributed by atoms with Crippen molar-refractivity contribution in [1.82, 2.24) is 0 Å². The minimum atomic E-state index is -2.97. The Kier molecular flexibility index (Phi) is 14.7. The molecule has 58 heavy (non-hydrogen) atoms. The average Bonchev–Trinajstić information content (AvgIpc) is 3.50. The second kappa shape index (κ2) is 18.8. The van der Waals surface area contributed by atoms with Gasteiger partial charge in [-0.25, -0.2) is 0 Å². The van der Waals surface area contributed by atoms with Crippen LogP contribution in [0.2, 0.25) is 13.1 Å². The Morgan fingerprint density at radius 3 is 2.22 bits per heavy atom. The Hall–Kier alpha value is -2.18. The number of fused-ring (bicyclic) bond motifs is 5. The number of carbonyl (C=O) groups is 3. The van der Waals surface area contributed by atoms with E-state index in [0.29, 0.717) is 5.41 Å². The van der Waals surface area contributed by atoms with Gasteiger partial charge in [0.05, 0.1) is 6.10 Å². The van der Waals surface area contributed by atoms with Gasteiger partial charge in [-0.05, 0) is 123 Å². The van der Waals surface area contributed by atoms with E-state index in [9.17, 15) is 14.4 Å². The van der Waals surface area contributed by atoms with Gasteiger partial charge in [0, 0.05) is 25.7 Å². The second-order valence-corrected chi connectivity index (χ2v) is 24.1. The maximum atomic E-state index is 12.7. The summed E-state index contributed by atoms with van der Waals surface area (Å²) in [6, 6.07) is 9.76. The maximum Gasteiger partial charge on any atom is 0.332 e. The van der Waals surface area contributed by atoms with Crippen LogP contribution in [0.3, 0.4) is 0 Å². The first-order valence-electron chi connectivity index (χ1n) is 22.3. The lowest BCUT2D eigenvalue weighted by molar-refractivity contribution is -0.230. The highest BCUT2D eigenvalue weighted by atomic mass is 32.2. The summed E-state index contributed by atoms with van der Waals surface area (Å²) in [5, 5.41) is 0. The Balaban J connectivity index is 1.18. The number of rotatable bonds is 15. The lowest BCUT2D eigenvalue weighted by atomic mass is 9.47. The fourth-order valence-electron chi connectivity index (χ4n) is 12.2. The molecule has 1 aromatic carbocycles. The summed E-state index contributed by atoms with van der Waals surface area (Å²) < 4.78 is 37.7. The quantitative estimate of drug-likeness (QED) is 0.0733. The standard InChI is InChI=1S/C47H72O9SSi/c1-29(2)15-14-16-30(3)38-21-22-39-37-20-19-34-27-35(23-25-46(34,7)40(37)24-26-47(38,39)8)55-58(9,10)56-44-43(53-33(6)50)42(52-32(5)49)41(28-51-31(4)48)54-45(44)57-36-17-12-11-13-18-36/h11-13,17-19,29-30,35,37-45H,14-16,20-28H2,1-10H3/t30-,35?,37?,38-,39?,40?,41?,42-,43?,44?,45+,46+,47-/m1/s1. The lowest BCUT2D eigenvalue weighted by Crippen LogP contribution is -2.63. The number of benzene rings is 1. The predicted molar refractivity (Wildman–Crippen MR) is 229 cm³/mol. The van der Waals surface area contributed by atoms with Crippen molar-refractivity contribution in [2.75, 3.05) is 6.61 Å². The van der Waals surface area contributed by atoms with E-state index in [2.05, 4.69) is 40.7 Å². The number of hydrogen-bond acceptors (Lipinski definition) is 10. The molecule has 0 amide bonds. The molecule has 0 bridgehead atoms. The van der Waals surface area contributed by atoms with Gasteiger partial charge < -0.3 is 27.8 Å². The van der Waals surface area contributed by atoms with E-state index < -0.39 is 56.3 Å². The van der Waals surface area contributed by atoms with Gasteiger partial charge >= 0.3 is 26.5 Å². The van der Waals surface area contributed by atoms with Crippen LogP contribution in [-0.2, 0) is 42.2 Å². The first kappa shape index (κ1) is 45.3. The fourth-order valence-corrected chi connectivity index (χ4v) is 15.4. The molecule has 0 N–H and O–H groups in total. The number of hydrogen-bond donors (Lipinski definition) is 0. The first-order valence-corrected chi connectivity index (χ1v) is 26.0. The van der Waals surface area contributed by atoms with Gasteiger partial charge in [0.1, 0.15) is 24.3 Å². The number of carbonyl (C=O) groups excluding carboxylic acids is 3. The van der Waals surface area contributed by atoms with E-state index in [1.54, 1.807) is 5.57 Å². The first-order chi connectivity index (χ1) is 27.4. The van der Waals surface area contributed by atoms with Gasteiger partial charge in [-0.15, -0.1) is 0 Å². The minimum Gasteiger partial charge on any atom is -0.463 e. The normalized spacial score (nSPS) is 36.5. The summed E-state index contributed by atoms with van der Waals surface area (Å²) in [4.78, 5) is 37.9. The van der Waals surface area contributed by atoms with Crippen molar-refractivity contribution >= 4 is 38.2 Å². The fraction of sp³-hybridized carbons (Fsp3) is 0.766. The lowest BCUT2D eigenvalue weighted by Gasteiger charge is -2.58. The molecule has 0 radical (unpaired) electrons. The van der Waals surface area contributed by atoms with Crippen molar-refractivity contribution in [2.24, 2.45) is 46.3 Å². The topological polar surface area (TPSA) is 107 Å². The van der Waals surface area contributed by atoms with Gasteiger partial charge in [-0.2, -0.15) is 0 Å². The molecule has 1 saturated heterocycles. The largest absolute Gasteiger partial charge is 0.463 e.